The summed E-state index contributed by atoms with van der Waals surface area (Å²) in [7, 11) is 1.76. The summed E-state index contributed by atoms with van der Waals surface area (Å²) in [4.78, 5) is 16.3. The maximum absolute atomic E-state index is 12.3. The molecule has 0 saturated heterocycles. The van der Waals surface area contributed by atoms with Crippen LogP contribution in [0.3, 0.4) is 0 Å². The molecule has 1 atom stereocenters. The fourth-order valence-corrected chi connectivity index (χ4v) is 2.29. The second kappa shape index (κ2) is 6.24. The first-order valence-electron chi connectivity index (χ1n) is 6.78. The van der Waals surface area contributed by atoms with E-state index in [0.717, 1.165) is 18.8 Å². The van der Waals surface area contributed by atoms with Crippen LogP contribution in [0.2, 0.25) is 5.02 Å². The van der Waals surface area contributed by atoms with E-state index in [-0.39, 0.29) is 11.9 Å². The molecule has 19 heavy (non-hydrogen) atoms. The largest absolute Gasteiger partial charge is 0.373 e. The lowest BCUT2D eigenvalue weighted by Gasteiger charge is -2.17. The predicted molar refractivity (Wildman–Crippen MR) is 77.7 cm³/mol. The Kier molecular flexibility index (Phi) is 4.64. The van der Waals surface area contributed by atoms with E-state index in [4.69, 9.17) is 11.6 Å². The summed E-state index contributed by atoms with van der Waals surface area (Å²) in [6.45, 7) is 2.10. The third-order valence-electron chi connectivity index (χ3n) is 3.50. The average molecular weight is 282 g/mol. The maximum Gasteiger partial charge on any atom is 0.253 e. The van der Waals surface area contributed by atoms with Crippen molar-refractivity contribution in [2.45, 2.75) is 38.6 Å². The molecule has 0 radical (unpaired) electrons. The Bertz CT molecular complexity index is 460. The molecule has 1 amide bonds. The monoisotopic (exact) mass is 281 g/mol. The SMILES string of the molecule is CCC(CC1CC1)NC(=O)c1cc(NC)ncc1Cl. The van der Waals surface area contributed by atoms with Crippen LogP contribution in [0.5, 0.6) is 0 Å². The average Bonchev–Trinajstić information content (AvgIpc) is 3.22. The van der Waals surface area contributed by atoms with Crippen LogP contribution in [0.25, 0.3) is 0 Å². The molecule has 5 heteroatoms. The Labute approximate surface area is 118 Å². The highest BCUT2D eigenvalue weighted by Gasteiger charge is 2.26. The van der Waals surface area contributed by atoms with Crippen molar-refractivity contribution in [3.8, 4) is 0 Å². The number of aromatic nitrogens is 1. The van der Waals surface area contributed by atoms with E-state index in [0.29, 0.717) is 16.4 Å². The van der Waals surface area contributed by atoms with Gasteiger partial charge in [0.1, 0.15) is 5.82 Å². The van der Waals surface area contributed by atoms with Gasteiger partial charge in [0.15, 0.2) is 0 Å². The third-order valence-corrected chi connectivity index (χ3v) is 3.80. The van der Waals surface area contributed by atoms with E-state index < -0.39 is 0 Å². The van der Waals surface area contributed by atoms with E-state index in [1.165, 1.54) is 19.0 Å². The van der Waals surface area contributed by atoms with Crippen molar-refractivity contribution < 1.29 is 4.79 Å². The van der Waals surface area contributed by atoms with Gasteiger partial charge < -0.3 is 10.6 Å². The molecular formula is C14H20ClN3O. The molecule has 1 aromatic heterocycles. The summed E-state index contributed by atoms with van der Waals surface area (Å²) < 4.78 is 0. The summed E-state index contributed by atoms with van der Waals surface area (Å²) in [6.07, 6.45) is 6.12. The van der Waals surface area contributed by atoms with Gasteiger partial charge in [0.2, 0.25) is 0 Å². The fourth-order valence-electron chi connectivity index (χ4n) is 2.10. The van der Waals surface area contributed by atoms with Gasteiger partial charge in [0.05, 0.1) is 10.6 Å². The Morgan fingerprint density at radius 1 is 1.58 bits per heavy atom. The summed E-state index contributed by atoms with van der Waals surface area (Å²) in [5.74, 6) is 1.33. The first-order valence-corrected chi connectivity index (χ1v) is 7.16. The lowest BCUT2D eigenvalue weighted by Crippen LogP contribution is -2.35. The molecule has 0 bridgehead atoms. The van der Waals surface area contributed by atoms with Crippen LogP contribution >= 0.6 is 11.6 Å². The summed E-state index contributed by atoms with van der Waals surface area (Å²) in [5, 5.41) is 6.36. The van der Waals surface area contributed by atoms with Gasteiger partial charge in [-0.3, -0.25) is 4.79 Å². The fraction of sp³-hybridized carbons (Fsp3) is 0.571. The number of anilines is 1. The molecule has 0 aromatic carbocycles. The number of halogens is 1. The predicted octanol–water partition coefficient (Wildman–Crippen LogP) is 3.09. The molecule has 1 saturated carbocycles. The van der Waals surface area contributed by atoms with Crippen molar-refractivity contribution in [3.05, 3.63) is 22.8 Å². The van der Waals surface area contributed by atoms with Crippen molar-refractivity contribution in [2.75, 3.05) is 12.4 Å². The van der Waals surface area contributed by atoms with E-state index in [9.17, 15) is 4.79 Å². The van der Waals surface area contributed by atoms with E-state index in [1.54, 1.807) is 13.1 Å². The Morgan fingerprint density at radius 2 is 2.32 bits per heavy atom. The van der Waals surface area contributed by atoms with Gasteiger partial charge in [-0.1, -0.05) is 31.4 Å². The first kappa shape index (κ1) is 14.1. The molecule has 0 aliphatic heterocycles. The molecule has 1 heterocycles. The molecule has 1 unspecified atom stereocenters. The van der Waals surface area contributed by atoms with Gasteiger partial charge >= 0.3 is 0 Å². The van der Waals surface area contributed by atoms with Crippen molar-refractivity contribution in [2.24, 2.45) is 5.92 Å². The minimum Gasteiger partial charge on any atom is -0.373 e. The number of nitrogens with zero attached hydrogens (tertiary/aromatic N) is 1. The topological polar surface area (TPSA) is 54.0 Å². The highest BCUT2D eigenvalue weighted by molar-refractivity contribution is 6.33. The summed E-state index contributed by atoms with van der Waals surface area (Å²) in [5.41, 5.74) is 0.482. The Balaban J connectivity index is 2.04. The van der Waals surface area contributed by atoms with Gasteiger partial charge in [-0.2, -0.15) is 0 Å². The quantitative estimate of drug-likeness (QED) is 0.842. The van der Waals surface area contributed by atoms with Gasteiger partial charge in [-0.05, 0) is 24.8 Å². The van der Waals surface area contributed by atoms with Crippen LogP contribution < -0.4 is 10.6 Å². The molecule has 1 aliphatic rings. The second-order valence-corrected chi connectivity index (χ2v) is 5.46. The maximum atomic E-state index is 12.3. The lowest BCUT2D eigenvalue weighted by molar-refractivity contribution is 0.0933. The third kappa shape index (κ3) is 3.83. The standard InChI is InChI=1S/C14H20ClN3O/c1-3-10(6-9-4-5-9)18-14(19)11-7-13(16-2)17-8-12(11)15/h7-10H,3-6H2,1-2H3,(H,16,17)(H,18,19). The Morgan fingerprint density at radius 3 is 2.89 bits per heavy atom. The highest BCUT2D eigenvalue weighted by atomic mass is 35.5. The lowest BCUT2D eigenvalue weighted by atomic mass is 10.1. The van der Waals surface area contributed by atoms with Crippen LogP contribution in [-0.4, -0.2) is 24.0 Å². The van der Waals surface area contributed by atoms with Crippen molar-refractivity contribution in [1.29, 1.82) is 0 Å². The summed E-state index contributed by atoms with van der Waals surface area (Å²) in [6, 6.07) is 1.92. The molecule has 0 spiro atoms. The van der Waals surface area contributed by atoms with Crippen LogP contribution in [0.15, 0.2) is 12.3 Å². The number of carbonyl (C=O) groups excluding carboxylic acids is 1. The number of pyridine rings is 1. The number of carbonyl (C=O) groups is 1. The van der Waals surface area contributed by atoms with Crippen LogP contribution in [0, 0.1) is 5.92 Å². The normalized spacial score (nSPS) is 15.9. The number of rotatable bonds is 6. The Hall–Kier alpha value is -1.29. The molecule has 104 valence electrons. The van der Waals surface area contributed by atoms with Crippen LogP contribution in [0.4, 0.5) is 5.82 Å². The zero-order valence-corrected chi connectivity index (χ0v) is 12.1. The van der Waals surface area contributed by atoms with E-state index >= 15 is 0 Å². The van der Waals surface area contributed by atoms with Crippen molar-refractivity contribution >= 4 is 23.3 Å². The molecule has 2 rings (SSSR count). The molecule has 1 aromatic rings. The van der Waals surface area contributed by atoms with E-state index in [2.05, 4.69) is 22.5 Å². The van der Waals surface area contributed by atoms with Gasteiger partial charge in [-0.15, -0.1) is 0 Å². The second-order valence-electron chi connectivity index (χ2n) is 5.06. The number of amides is 1. The van der Waals surface area contributed by atoms with Gasteiger partial charge in [0.25, 0.3) is 5.91 Å². The smallest absolute Gasteiger partial charge is 0.253 e. The molecule has 1 aliphatic carbocycles. The zero-order chi connectivity index (χ0) is 13.8. The minimum atomic E-state index is -0.114. The van der Waals surface area contributed by atoms with Crippen molar-refractivity contribution in [3.63, 3.8) is 0 Å². The molecule has 1 fully saturated rings. The number of nitrogens with one attached hydrogen (secondary N) is 2. The van der Waals surface area contributed by atoms with Gasteiger partial charge in [-0.25, -0.2) is 4.98 Å². The van der Waals surface area contributed by atoms with E-state index in [1.807, 2.05) is 0 Å². The number of hydrogen-bond donors (Lipinski definition) is 2. The first-order chi connectivity index (χ1) is 9.13. The minimum absolute atomic E-state index is 0.114. The molecular weight excluding hydrogens is 262 g/mol. The zero-order valence-electron chi connectivity index (χ0n) is 11.4. The molecule has 4 nitrogen and oxygen atoms in total. The van der Waals surface area contributed by atoms with Crippen LogP contribution in [-0.2, 0) is 0 Å². The van der Waals surface area contributed by atoms with Crippen molar-refractivity contribution in [1.82, 2.24) is 10.3 Å². The summed E-state index contributed by atoms with van der Waals surface area (Å²) >= 11 is 6.04. The van der Waals surface area contributed by atoms with Gasteiger partial charge in [0, 0.05) is 19.3 Å². The molecule has 2 N–H and O–H groups in total. The van der Waals surface area contributed by atoms with Crippen LogP contribution in [0.1, 0.15) is 43.0 Å². The number of hydrogen-bond acceptors (Lipinski definition) is 3. The highest BCUT2D eigenvalue weighted by Crippen LogP contribution is 2.34.